The van der Waals surface area contributed by atoms with Crippen molar-refractivity contribution < 1.29 is 4.79 Å². The van der Waals surface area contributed by atoms with E-state index in [0.717, 1.165) is 18.4 Å². The van der Waals surface area contributed by atoms with Gasteiger partial charge in [0, 0.05) is 13.1 Å². The average Bonchev–Trinajstić information content (AvgIpc) is 2.48. The van der Waals surface area contributed by atoms with Crippen molar-refractivity contribution >= 4 is 5.91 Å². The zero-order valence-electron chi connectivity index (χ0n) is 12.6. The fourth-order valence-electron chi connectivity index (χ4n) is 3.16. The lowest BCUT2D eigenvalue weighted by Crippen LogP contribution is -2.46. The molecule has 2 atom stereocenters. The number of hydrogen-bond donors (Lipinski definition) is 1. The van der Waals surface area contributed by atoms with Crippen LogP contribution in [0.5, 0.6) is 0 Å². The van der Waals surface area contributed by atoms with Gasteiger partial charge in [-0.2, -0.15) is 0 Å². The second kappa shape index (κ2) is 6.89. The Morgan fingerprint density at radius 3 is 2.55 bits per heavy atom. The largest absolute Gasteiger partial charge is 0.342 e. The van der Waals surface area contributed by atoms with E-state index in [9.17, 15) is 4.79 Å². The molecule has 0 heterocycles. The van der Waals surface area contributed by atoms with Gasteiger partial charge >= 0.3 is 0 Å². The van der Waals surface area contributed by atoms with Gasteiger partial charge in [0.1, 0.15) is 0 Å². The topological polar surface area (TPSA) is 46.3 Å². The highest BCUT2D eigenvalue weighted by Gasteiger charge is 2.29. The molecule has 0 radical (unpaired) electrons. The maximum atomic E-state index is 12.4. The molecule has 0 saturated heterocycles. The Bertz CT molecular complexity index is 441. The van der Waals surface area contributed by atoms with Crippen molar-refractivity contribution in [2.24, 2.45) is 11.7 Å². The van der Waals surface area contributed by atoms with Crippen molar-refractivity contribution in [3.63, 3.8) is 0 Å². The van der Waals surface area contributed by atoms with E-state index in [1.54, 1.807) is 0 Å². The number of carbonyl (C=O) groups excluding carboxylic acids is 1. The number of benzene rings is 1. The van der Waals surface area contributed by atoms with Gasteiger partial charge in [-0.05, 0) is 37.8 Å². The van der Waals surface area contributed by atoms with Gasteiger partial charge in [-0.25, -0.2) is 0 Å². The van der Waals surface area contributed by atoms with Crippen molar-refractivity contribution in [2.75, 3.05) is 13.6 Å². The van der Waals surface area contributed by atoms with Crippen LogP contribution in [-0.4, -0.2) is 30.4 Å². The summed E-state index contributed by atoms with van der Waals surface area (Å²) in [7, 11) is 1.94. The number of carbonyl (C=O) groups is 1. The van der Waals surface area contributed by atoms with Crippen molar-refractivity contribution in [1.82, 2.24) is 4.90 Å². The molecule has 1 aliphatic carbocycles. The van der Waals surface area contributed by atoms with Gasteiger partial charge in [-0.1, -0.05) is 42.7 Å². The van der Waals surface area contributed by atoms with E-state index in [1.807, 2.05) is 24.1 Å². The number of nitrogens with zero attached hydrogens (tertiary/aromatic N) is 1. The molecule has 1 aromatic rings. The van der Waals surface area contributed by atoms with E-state index < -0.39 is 0 Å². The summed E-state index contributed by atoms with van der Waals surface area (Å²) in [5.74, 6) is 0.676. The Morgan fingerprint density at radius 1 is 1.25 bits per heavy atom. The summed E-state index contributed by atoms with van der Waals surface area (Å²) in [5, 5.41) is 0. The molecule has 2 rings (SSSR count). The van der Waals surface area contributed by atoms with Crippen LogP contribution >= 0.6 is 0 Å². The standard InChI is InChI=1S/C17H26N2O/c1-13-7-9-14(10-8-13)11-17(20)19(2)16-6-4-3-5-15(16)12-18/h7-10,15-16H,3-6,11-12,18H2,1-2H3. The fraction of sp³-hybridized carbons (Fsp3) is 0.588. The molecule has 20 heavy (non-hydrogen) atoms. The third-order valence-corrected chi connectivity index (χ3v) is 4.54. The first kappa shape index (κ1) is 15.0. The number of aryl methyl sites for hydroxylation is 1. The number of hydrogen-bond acceptors (Lipinski definition) is 2. The van der Waals surface area contributed by atoms with E-state index in [1.165, 1.54) is 18.4 Å². The second-order valence-electron chi connectivity index (χ2n) is 6.01. The lowest BCUT2D eigenvalue weighted by atomic mass is 9.83. The first-order valence-electron chi connectivity index (χ1n) is 7.63. The Kier molecular flexibility index (Phi) is 5.18. The SMILES string of the molecule is Cc1ccc(CC(=O)N(C)C2CCCCC2CN)cc1. The van der Waals surface area contributed by atoms with Crippen LogP contribution in [0, 0.1) is 12.8 Å². The molecule has 0 bridgehead atoms. The molecule has 3 heteroatoms. The van der Waals surface area contributed by atoms with Crippen LogP contribution in [0.4, 0.5) is 0 Å². The first-order valence-corrected chi connectivity index (χ1v) is 7.63. The lowest BCUT2D eigenvalue weighted by molar-refractivity contribution is -0.132. The molecule has 1 fully saturated rings. The van der Waals surface area contributed by atoms with Gasteiger partial charge < -0.3 is 10.6 Å². The smallest absolute Gasteiger partial charge is 0.226 e. The predicted octanol–water partition coefficient (Wildman–Crippen LogP) is 2.51. The van der Waals surface area contributed by atoms with Crippen molar-refractivity contribution in [3.05, 3.63) is 35.4 Å². The molecule has 0 spiro atoms. The predicted molar refractivity (Wildman–Crippen MR) is 82.5 cm³/mol. The monoisotopic (exact) mass is 274 g/mol. The highest BCUT2D eigenvalue weighted by atomic mass is 16.2. The van der Waals surface area contributed by atoms with Gasteiger partial charge in [0.25, 0.3) is 0 Å². The molecule has 2 N–H and O–H groups in total. The molecule has 0 aliphatic heterocycles. The number of nitrogens with two attached hydrogens (primary N) is 1. The Morgan fingerprint density at radius 2 is 1.90 bits per heavy atom. The van der Waals surface area contributed by atoms with Gasteiger partial charge in [-0.15, -0.1) is 0 Å². The molecule has 1 saturated carbocycles. The summed E-state index contributed by atoms with van der Waals surface area (Å²) in [6, 6.07) is 8.54. The lowest BCUT2D eigenvalue weighted by Gasteiger charge is -2.37. The Labute approximate surface area is 122 Å². The zero-order valence-corrected chi connectivity index (χ0v) is 12.6. The Hall–Kier alpha value is -1.35. The molecular formula is C17H26N2O. The maximum Gasteiger partial charge on any atom is 0.226 e. The van der Waals surface area contributed by atoms with Crippen LogP contribution in [-0.2, 0) is 11.2 Å². The summed E-state index contributed by atoms with van der Waals surface area (Å²) in [6.07, 6.45) is 5.20. The summed E-state index contributed by atoms with van der Waals surface area (Å²) in [6.45, 7) is 2.75. The van der Waals surface area contributed by atoms with Crippen LogP contribution in [0.1, 0.15) is 36.8 Å². The fourth-order valence-corrected chi connectivity index (χ4v) is 3.16. The summed E-state index contributed by atoms with van der Waals surface area (Å²) in [4.78, 5) is 14.4. The van der Waals surface area contributed by atoms with Crippen LogP contribution in [0.15, 0.2) is 24.3 Å². The Balaban J connectivity index is 1.98. The average molecular weight is 274 g/mol. The van der Waals surface area contributed by atoms with Gasteiger partial charge in [-0.3, -0.25) is 4.79 Å². The third kappa shape index (κ3) is 3.60. The molecule has 1 aliphatic rings. The maximum absolute atomic E-state index is 12.4. The van der Waals surface area contributed by atoms with Crippen LogP contribution in [0.3, 0.4) is 0 Å². The minimum absolute atomic E-state index is 0.208. The summed E-state index contributed by atoms with van der Waals surface area (Å²) >= 11 is 0. The zero-order chi connectivity index (χ0) is 14.5. The second-order valence-corrected chi connectivity index (χ2v) is 6.01. The van der Waals surface area contributed by atoms with E-state index in [4.69, 9.17) is 5.73 Å². The quantitative estimate of drug-likeness (QED) is 0.917. The molecule has 1 aromatic carbocycles. The van der Waals surface area contributed by atoms with Crippen LogP contribution in [0.25, 0.3) is 0 Å². The molecule has 2 unspecified atom stereocenters. The van der Waals surface area contributed by atoms with Gasteiger partial charge in [0.15, 0.2) is 0 Å². The number of likely N-dealkylation sites (N-methyl/N-ethyl adjacent to an activating group) is 1. The molecule has 110 valence electrons. The number of amides is 1. The summed E-state index contributed by atoms with van der Waals surface area (Å²) in [5.41, 5.74) is 8.18. The van der Waals surface area contributed by atoms with Crippen LogP contribution < -0.4 is 5.73 Å². The van der Waals surface area contributed by atoms with Crippen molar-refractivity contribution in [3.8, 4) is 0 Å². The minimum atomic E-state index is 0.208. The minimum Gasteiger partial charge on any atom is -0.342 e. The molecular weight excluding hydrogens is 248 g/mol. The third-order valence-electron chi connectivity index (χ3n) is 4.54. The van der Waals surface area contributed by atoms with Crippen molar-refractivity contribution in [2.45, 2.75) is 45.1 Å². The number of rotatable bonds is 4. The van der Waals surface area contributed by atoms with E-state index >= 15 is 0 Å². The van der Waals surface area contributed by atoms with E-state index in [2.05, 4.69) is 19.1 Å². The van der Waals surface area contributed by atoms with E-state index in [-0.39, 0.29) is 5.91 Å². The van der Waals surface area contributed by atoms with Crippen molar-refractivity contribution in [1.29, 1.82) is 0 Å². The molecule has 0 aromatic heterocycles. The first-order chi connectivity index (χ1) is 9.61. The highest BCUT2D eigenvalue weighted by molar-refractivity contribution is 5.78. The summed E-state index contributed by atoms with van der Waals surface area (Å²) < 4.78 is 0. The normalized spacial score (nSPS) is 22.6. The van der Waals surface area contributed by atoms with Gasteiger partial charge in [0.2, 0.25) is 5.91 Å². The molecule has 1 amide bonds. The highest BCUT2D eigenvalue weighted by Crippen LogP contribution is 2.27. The van der Waals surface area contributed by atoms with Gasteiger partial charge in [0.05, 0.1) is 6.42 Å². The van der Waals surface area contributed by atoms with Crippen LogP contribution in [0.2, 0.25) is 0 Å². The molecule has 3 nitrogen and oxygen atoms in total. The van der Waals surface area contributed by atoms with E-state index in [0.29, 0.717) is 24.9 Å².